The summed E-state index contributed by atoms with van der Waals surface area (Å²) in [7, 11) is -3.23. The van der Waals surface area contributed by atoms with Crippen LogP contribution in [-0.2, 0) is 4.57 Å². The summed E-state index contributed by atoms with van der Waals surface area (Å²) < 4.78 is 15.0. The molecular weight excluding hydrogens is 375 g/mol. The fourth-order valence-corrected chi connectivity index (χ4v) is 7.18. The highest BCUT2D eigenvalue weighted by atomic mass is 31.2. The Balaban J connectivity index is 1.98. The molecule has 29 heavy (non-hydrogen) atoms. The monoisotopic (exact) mass is 398 g/mol. The first-order chi connectivity index (χ1) is 14.2. The predicted octanol–water partition coefficient (Wildman–Crippen LogP) is 5.48. The van der Waals surface area contributed by atoms with Crippen molar-refractivity contribution in [3.8, 4) is 0 Å². The molecular formula is C26H23O2P. The minimum Gasteiger partial charge on any atom is -0.387 e. The third kappa shape index (κ3) is 3.82. The molecule has 0 amide bonds. The molecule has 3 heteroatoms. The van der Waals surface area contributed by atoms with E-state index in [9.17, 15) is 9.67 Å². The summed E-state index contributed by atoms with van der Waals surface area (Å²) >= 11 is 0. The van der Waals surface area contributed by atoms with Crippen molar-refractivity contribution in [1.29, 1.82) is 0 Å². The Kier molecular flexibility index (Phi) is 5.76. The van der Waals surface area contributed by atoms with E-state index in [4.69, 9.17) is 0 Å². The van der Waals surface area contributed by atoms with Gasteiger partial charge in [0.05, 0.1) is 11.8 Å². The van der Waals surface area contributed by atoms with Gasteiger partial charge in [-0.25, -0.2) is 0 Å². The lowest BCUT2D eigenvalue weighted by molar-refractivity contribution is 0.171. The van der Waals surface area contributed by atoms with Crippen LogP contribution in [0, 0.1) is 0 Å². The van der Waals surface area contributed by atoms with Crippen LogP contribution < -0.4 is 10.6 Å². The second kappa shape index (κ2) is 8.61. The van der Waals surface area contributed by atoms with E-state index in [0.29, 0.717) is 0 Å². The summed E-state index contributed by atoms with van der Waals surface area (Å²) in [6.45, 7) is 0. The molecule has 0 aliphatic rings. The second-order valence-electron chi connectivity index (χ2n) is 7.04. The normalized spacial score (nSPS) is 13.6. The molecule has 1 N–H and O–H groups in total. The third-order valence-electron chi connectivity index (χ3n) is 5.25. The van der Waals surface area contributed by atoms with Crippen molar-refractivity contribution in [2.24, 2.45) is 0 Å². The van der Waals surface area contributed by atoms with Crippen molar-refractivity contribution in [3.63, 3.8) is 0 Å². The molecule has 4 rings (SSSR count). The van der Waals surface area contributed by atoms with Crippen LogP contribution in [0.4, 0.5) is 0 Å². The molecule has 2 atom stereocenters. The molecule has 2 nitrogen and oxygen atoms in total. The van der Waals surface area contributed by atoms with Crippen molar-refractivity contribution < 1.29 is 9.67 Å². The molecule has 0 bridgehead atoms. The smallest absolute Gasteiger partial charge is 0.153 e. The third-order valence-corrected chi connectivity index (χ3v) is 8.75. The fourth-order valence-electron chi connectivity index (χ4n) is 3.84. The number of benzene rings is 4. The van der Waals surface area contributed by atoms with Crippen LogP contribution in [0.25, 0.3) is 0 Å². The molecule has 2 unspecified atom stereocenters. The lowest BCUT2D eigenvalue weighted by Gasteiger charge is -2.33. The van der Waals surface area contributed by atoms with Gasteiger partial charge < -0.3 is 9.67 Å². The van der Waals surface area contributed by atoms with Crippen molar-refractivity contribution >= 4 is 17.8 Å². The Hall–Kier alpha value is -2.93. The molecule has 0 spiro atoms. The van der Waals surface area contributed by atoms with Gasteiger partial charge in [-0.3, -0.25) is 0 Å². The van der Waals surface area contributed by atoms with Crippen LogP contribution in [0.1, 0.15) is 22.9 Å². The van der Waals surface area contributed by atoms with E-state index in [-0.39, 0.29) is 0 Å². The minimum atomic E-state index is -3.23. The Labute approximate surface area is 171 Å². The van der Waals surface area contributed by atoms with Crippen LogP contribution in [0.3, 0.4) is 0 Å². The Morgan fingerprint density at radius 1 is 0.517 bits per heavy atom. The summed E-state index contributed by atoms with van der Waals surface area (Å²) in [5.74, 6) is 0. The summed E-state index contributed by atoms with van der Waals surface area (Å²) in [4.78, 5) is 0. The molecule has 4 aromatic carbocycles. The average molecular weight is 398 g/mol. The molecule has 0 aliphatic heterocycles. The average Bonchev–Trinajstić information content (AvgIpc) is 2.81. The van der Waals surface area contributed by atoms with Crippen molar-refractivity contribution in [2.75, 3.05) is 0 Å². The molecule has 0 aliphatic carbocycles. The highest BCUT2D eigenvalue weighted by Gasteiger charge is 2.42. The minimum absolute atomic E-state index is 0.601. The van der Waals surface area contributed by atoms with Gasteiger partial charge >= 0.3 is 0 Å². The maximum Gasteiger partial charge on any atom is 0.153 e. The van der Waals surface area contributed by atoms with Gasteiger partial charge in [-0.1, -0.05) is 121 Å². The molecule has 0 aromatic heterocycles. The summed E-state index contributed by atoms with van der Waals surface area (Å²) in [5, 5.41) is 13.0. The van der Waals surface area contributed by atoms with Gasteiger partial charge in [0.2, 0.25) is 0 Å². The van der Waals surface area contributed by atoms with Crippen molar-refractivity contribution in [1.82, 2.24) is 0 Å². The second-order valence-corrected chi connectivity index (χ2v) is 9.95. The van der Waals surface area contributed by atoms with Gasteiger partial charge in [-0.2, -0.15) is 0 Å². The number of rotatable bonds is 6. The highest BCUT2D eigenvalue weighted by molar-refractivity contribution is 7.79. The number of hydrogen-bond acceptors (Lipinski definition) is 2. The first-order valence-electron chi connectivity index (χ1n) is 9.70. The quantitative estimate of drug-likeness (QED) is 0.437. The van der Waals surface area contributed by atoms with E-state index in [0.717, 1.165) is 21.7 Å². The molecule has 4 aromatic rings. The largest absolute Gasteiger partial charge is 0.387 e. The van der Waals surface area contributed by atoms with E-state index in [1.54, 1.807) is 0 Å². The summed E-state index contributed by atoms with van der Waals surface area (Å²) in [5.41, 5.74) is 1.02. The van der Waals surface area contributed by atoms with Gasteiger partial charge in [-0.05, 0) is 11.1 Å². The van der Waals surface area contributed by atoms with Crippen molar-refractivity contribution in [3.05, 3.63) is 132 Å². The van der Waals surface area contributed by atoms with E-state index in [1.165, 1.54) is 0 Å². The van der Waals surface area contributed by atoms with Gasteiger partial charge in [0.15, 0.2) is 7.14 Å². The van der Waals surface area contributed by atoms with Crippen LogP contribution in [-0.4, -0.2) is 5.11 Å². The van der Waals surface area contributed by atoms with Crippen LogP contribution >= 0.6 is 7.14 Å². The predicted molar refractivity (Wildman–Crippen MR) is 120 cm³/mol. The maximum atomic E-state index is 15.0. The lowest BCUT2D eigenvalue weighted by atomic mass is 10.0. The zero-order chi connectivity index (χ0) is 20.1. The number of hydrogen-bond donors (Lipinski definition) is 1. The SMILES string of the molecule is O=P(c1ccccc1)(c1ccccc1)C(c1ccccc1)C(O)c1ccccc1. The Morgan fingerprint density at radius 2 is 0.862 bits per heavy atom. The topological polar surface area (TPSA) is 37.3 Å². The lowest BCUT2D eigenvalue weighted by Crippen LogP contribution is -2.25. The standard InChI is InChI=1S/C26H23O2P/c27-25(21-13-5-1-6-14-21)26(22-15-7-2-8-16-22)29(28,23-17-9-3-10-18-23)24-19-11-4-12-20-24/h1-20,25-27H. The molecule has 0 heterocycles. The van der Waals surface area contributed by atoms with Crippen molar-refractivity contribution in [2.45, 2.75) is 11.8 Å². The number of aliphatic hydroxyl groups excluding tert-OH is 1. The zero-order valence-electron chi connectivity index (χ0n) is 16.0. The molecule has 0 saturated heterocycles. The summed E-state index contributed by atoms with van der Waals surface area (Å²) in [6, 6.07) is 38.3. The molecule has 0 radical (unpaired) electrons. The Morgan fingerprint density at radius 3 is 1.28 bits per heavy atom. The first kappa shape index (κ1) is 19.4. The van der Waals surface area contributed by atoms with Crippen LogP contribution in [0.2, 0.25) is 0 Å². The van der Waals surface area contributed by atoms with Gasteiger partial charge in [0, 0.05) is 10.6 Å². The fraction of sp³-hybridized carbons (Fsp3) is 0.0769. The van der Waals surface area contributed by atoms with E-state index in [2.05, 4.69) is 0 Å². The van der Waals surface area contributed by atoms with E-state index < -0.39 is 18.9 Å². The van der Waals surface area contributed by atoms with Crippen LogP contribution in [0.15, 0.2) is 121 Å². The highest BCUT2D eigenvalue weighted by Crippen LogP contribution is 2.61. The van der Waals surface area contributed by atoms with Gasteiger partial charge in [0.1, 0.15) is 0 Å². The Bertz CT molecular complexity index is 1040. The summed E-state index contributed by atoms with van der Waals surface area (Å²) in [6.07, 6.45) is -0.912. The van der Waals surface area contributed by atoms with Crippen LogP contribution in [0.5, 0.6) is 0 Å². The molecule has 0 fully saturated rings. The molecule has 0 saturated carbocycles. The zero-order valence-corrected chi connectivity index (χ0v) is 16.9. The molecule has 144 valence electrons. The van der Waals surface area contributed by atoms with E-state index in [1.807, 2.05) is 121 Å². The first-order valence-corrected chi connectivity index (χ1v) is 11.5. The maximum absolute atomic E-state index is 15.0. The number of aliphatic hydroxyl groups is 1. The van der Waals surface area contributed by atoms with Gasteiger partial charge in [0.25, 0.3) is 0 Å². The van der Waals surface area contributed by atoms with Gasteiger partial charge in [-0.15, -0.1) is 0 Å². The van der Waals surface area contributed by atoms with E-state index >= 15 is 0 Å².